The summed E-state index contributed by atoms with van der Waals surface area (Å²) in [7, 11) is 1.18. The standard InChI is InChI=1S/C8H13NO5/c1-5(2)9-14-6(8(11)12)4-7(10)13-3/h6H,4H2,1-3H3,(H,11,12). The van der Waals surface area contributed by atoms with Gasteiger partial charge in [0.2, 0.25) is 6.10 Å². The van der Waals surface area contributed by atoms with Crippen LogP contribution in [-0.4, -0.2) is 36.0 Å². The van der Waals surface area contributed by atoms with Crippen LogP contribution >= 0.6 is 0 Å². The summed E-state index contributed by atoms with van der Waals surface area (Å²) in [5.74, 6) is -1.90. The van der Waals surface area contributed by atoms with E-state index in [2.05, 4.69) is 14.7 Å². The van der Waals surface area contributed by atoms with Gasteiger partial charge in [-0.25, -0.2) is 4.79 Å². The van der Waals surface area contributed by atoms with Crippen molar-refractivity contribution >= 4 is 17.7 Å². The number of carbonyl (C=O) groups excluding carboxylic acids is 1. The highest BCUT2D eigenvalue weighted by Gasteiger charge is 2.23. The number of carbonyl (C=O) groups is 2. The van der Waals surface area contributed by atoms with Crippen molar-refractivity contribution in [3.05, 3.63) is 0 Å². The first-order chi connectivity index (χ1) is 6.47. The van der Waals surface area contributed by atoms with E-state index in [1.165, 1.54) is 7.11 Å². The van der Waals surface area contributed by atoms with Gasteiger partial charge in [0, 0.05) is 0 Å². The van der Waals surface area contributed by atoms with Gasteiger partial charge in [-0.3, -0.25) is 4.79 Å². The Hall–Kier alpha value is -1.59. The fraction of sp³-hybridized carbons (Fsp3) is 0.625. The van der Waals surface area contributed by atoms with Gasteiger partial charge >= 0.3 is 11.9 Å². The highest BCUT2D eigenvalue weighted by atomic mass is 16.7. The maximum atomic E-state index is 10.8. The Morgan fingerprint density at radius 3 is 2.36 bits per heavy atom. The molecule has 0 amide bonds. The van der Waals surface area contributed by atoms with E-state index in [1.807, 2.05) is 0 Å². The zero-order valence-corrected chi connectivity index (χ0v) is 8.31. The summed E-state index contributed by atoms with van der Waals surface area (Å²) in [6.45, 7) is 3.30. The smallest absolute Gasteiger partial charge is 0.348 e. The van der Waals surface area contributed by atoms with Crippen molar-refractivity contribution < 1.29 is 24.3 Å². The van der Waals surface area contributed by atoms with Gasteiger partial charge in [-0.05, 0) is 13.8 Å². The molecule has 1 unspecified atom stereocenters. The highest BCUT2D eigenvalue weighted by Crippen LogP contribution is 2.01. The Morgan fingerprint density at radius 2 is 2.00 bits per heavy atom. The second kappa shape index (κ2) is 5.95. The molecule has 0 aromatic rings. The zero-order chi connectivity index (χ0) is 11.1. The Balaban J connectivity index is 4.24. The van der Waals surface area contributed by atoms with E-state index in [0.717, 1.165) is 0 Å². The molecule has 14 heavy (non-hydrogen) atoms. The van der Waals surface area contributed by atoms with Gasteiger partial charge in [-0.15, -0.1) is 0 Å². The summed E-state index contributed by atoms with van der Waals surface area (Å²) in [5.41, 5.74) is 0.570. The van der Waals surface area contributed by atoms with Crippen LogP contribution in [0.4, 0.5) is 0 Å². The third-order valence-corrected chi connectivity index (χ3v) is 1.22. The fourth-order valence-corrected chi connectivity index (χ4v) is 0.573. The molecule has 0 aliphatic carbocycles. The van der Waals surface area contributed by atoms with Crippen molar-refractivity contribution in [3.63, 3.8) is 0 Å². The van der Waals surface area contributed by atoms with Gasteiger partial charge < -0.3 is 14.7 Å². The van der Waals surface area contributed by atoms with Crippen LogP contribution in [0, 0.1) is 0 Å². The third kappa shape index (κ3) is 5.13. The van der Waals surface area contributed by atoms with Crippen molar-refractivity contribution in [1.29, 1.82) is 0 Å². The lowest BCUT2D eigenvalue weighted by Crippen LogP contribution is -2.26. The quantitative estimate of drug-likeness (QED) is 0.397. The minimum atomic E-state index is -1.29. The van der Waals surface area contributed by atoms with Crippen LogP contribution in [0.2, 0.25) is 0 Å². The first kappa shape index (κ1) is 12.4. The number of oxime groups is 1. The van der Waals surface area contributed by atoms with Crippen LogP contribution in [0.3, 0.4) is 0 Å². The Morgan fingerprint density at radius 1 is 1.43 bits per heavy atom. The Labute approximate surface area is 81.5 Å². The van der Waals surface area contributed by atoms with Gasteiger partial charge in [0.25, 0.3) is 0 Å². The number of rotatable bonds is 5. The molecule has 0 rings (SSSR count). The normalized spacial score (nSPS) is 11.4. The van der Waals surface area contributed by atoms with E-state index < -0.39 is 18.0 Å². The molecule has 1 N–H and O–H groups in total. The number of carboxylic acids is 1. The minimum Gasteiger partial charge on any atom is -0.478 e. The molecular formula is C8H13NO5. The number of ether oxygens (including phenoxy) is 1. The molecule has 0 bridgehead atoms. The van der Waals surface area contributed by atoms with Crippen LogP contribution < -0.4 is 0 Å². The van der Waals surface area contributed by atoms with E-state index in [1.54, 1.807) is 13.8 Å². The van der Waals surface area contributed by atoms with Crippen molar-refractivity contribution in [1.82, 2.24) is 0 Å². The second-order valence-electron chi connectivity index (χ2n) is 2.75. The van der Waals surface area contributed by atoms with Gasteiger partial charge in [-0.1, -0.05) is 5.16 Å². The molecule has 1 atom stereocenters. The van der Waals surface area contributed by atoms with Gasteiger partial charge in [0.1, 0.15) is 0 Å². The average molecular weight is 203 g/mol. The first-order valence-electron chi connectivity index (χ1n) is 3.94. The fourth-order valence-electron chi connectivity index (χ4n) is 0.573. The molecule has 6 nitrogen and oxygen atoms in total. The average Bonchev–Trinajstić information content (AvgIpc) is 2.10. The lowest BCUT2D eigenvalue weighted by molar-refractivity contribution is -0.158. The molecule has 0 spiro atoms. The number of carboxylic acid groups (broad SMARTS) is 1. The van der Waals surface area contributed by atoms with E-state index >= 15 is 0 Å². The maximum absolute atomic E-state index is 10.8. The molecule has 0 radical (unpaired) electrons. The predicted molar refractivity (Wildman–Crippen MR) is 47.9 cm³/mol. The lowest BCUT2D eigenvalue weighted by atomic mass is 10.2. The molecule has 0 heterocycles. The molecule has 0 aliphatic rings. The van der Waals surface area contributed by atoms with Crippen molar-refractivity contribution in [2.45, 2.75) is 26.4 Å². The van der Waals surface area contributed by atoms with Gasteiger partial charge in [-0.2, -0.15) is 0 Å². The SMILES string of the molecule is COC(=O)CC(ON=C(C)C)C(=O)O. The predicted octanol–water partition coefficient (Wildman–Crippen LogP) is 0.415. The molecule has 80 valence electrons. The van der Waals surface area contributed by atoms with Crippen LogP contribution in [0.15, 0.2) is 5.16 Å². The number of hydrogen-bond donors (Lipinski definition) is 1. The van der Waals surface area contributed by atoms with E-state index in [-0.39, 0.29) is 6.42 Å². The van der Waals surface area contributed by atoms with Gasteiger partial charge in [0.15, 0.2) is 0 Å². The van der Waals surface area contributed by atoms with Crippen molar-refractivity contribution in [3.8, 4) is 0 Å². The Kier molecular flexibility index (Phi) is 5.28. The van der Waals surface area contributed by atoms with Crippen LogP contribution in [0.25, 0.3) is 0 Å². The minimum absolute atomic E-state index is 0.359. The van der Waals surface area contributed by atoms with Crippen molar-refractivity contribution in [2.75, 3.05) is 7.11 Å². The summed E-state index contributed by atoms with van der Waals surface area (Å²) < 4.78 is 4.31. The first-order valence-corrected chi connectivity index (χ1v) is 3.94. The zero-order valence-electron chi connectivity index (χ0n) is 8.31. The lowest BCUT2D eigenvalue weighted by Gasteiger charge is -2.08. The summed E-state index contributed by atoms with van der Waals surface area (Å²) in [6.07, 6.45) is -1.65. The number of methoxy groups -OCH3 is 1. The van der Waals surface area contributed by atoms with E-state index in [9.17, 15) is 9.59 Å². The van der Waals surface area contributed by atoms with Crippen molar-refractivity contribution in [2.24, 2.45) is 5.16 Å². The molecular weight excluding hydrogens is 190 g/mol. The number of esters is 1. The van der Waals surface area contributed by atoms with Gasteiger partial charge in [0.05, 0.1) is 19.2 Å². The summed E-state index contributed by atoms with van der Waals surface area (Å²) in [4.78, 5) is 25.9. The number of hydrogen-bond acceptors (Lipinski definition) is 5. The van der Waals surface area contributed by atoms with Crippen LogP contribution in [0.1, 0.15) is 20.3 Å². The molecule has 0 aliphatic heterocycles. The number of nitrogens with zero attached hydrogens (tertiary/aromatic N) is 1. The molecule has 6 heteroatoms. The summed E-state index contributed by atoms with van der Waals surface area (Å²) >= 11 is 0. The van der Waals surface area contributed by atoms with E-state index in [0.29, 0.717) is 5.71 Å². The molecule has 0 fully saturated rings. The Bertz CT molecular complexity index is 244. The molecule has 0 saturated heterocycles. The third-order valence-electron chi connectivity index (χ3n) is 1.22. The van der Waals surface area contributed by atoms with Crippen LogP contribution in [-0.2, 0) is 19.2 Å². The molecule has 0 aromatic carbocycles. The molecule has 0 saturated carbocycles. The topological polar surface area (TPSA) is 85.2 Å². The summed E-state index contributed by atoms with van der Waals surface area (Å²) in [5, 5.41) is 12.1. The largest absolute Gasteiger partial charge is 0.478 e. The highest BCUT2D eigenvalue weighted by molar-refractivity contribution is 5.81. The monoisotopic (exact) mass is 203 g/mol. The van der Waals surface area contributed by atoms with E-state index in [4.69, 9.17) is 5.11 Å². The summed E-state index contributed by atoms with van der Waals surface area (Å²) in [6, 6.07) is 0. The number of aliphatic carboxylic acids is 1. The van der Waals surface area contributed by atoms with Crippen LogP contribution in [0.5, 0.6) is 0 Å². The second-order valence-corrected chi connectivity index (χ2v) is 2.75. The molecule has 0 aromatic heterocycles. The maximum Gasteiger partial charge on any atom is 0.348 e.